The molecule has 0 radical (unpaired) electrons. The molecule has 96 valence electrons. The summed E-state index contributed by atoms with van der Waals surface area (Å²) in [4.78, 5) is 18.2. The molecule has 0 unspecified atom stereocenters. The highest BCUT2D eigenvalue weighted by Gasteiger charge is 2.15. The maximum Gasteiger partial charge on any atom is 0.260 e. The Morgan fingerprint density at radius 1 is 1.26 bits per heavy atom. The number of hydrogen-bond donors (Lipinski definition) is 2. The molecule has 1 aliphatic rings. The highest BCUT2D eigenvalue weighted by molar-refractivity contribution is 5.86. The summed E-state index contributed by atoms with van der Waals surface area (Å²) < 4.78 is 10.9. The first-order chi connectivity index (χ1) is 9.29. The van der Waals surface area contributed by atoms with E-state index in [0.29, 0.717) is 36.0 Å². The van der Waals surface area contributed by atoms with Crippen molar-refractivity contribution in [3.8, 4) is 22.8 Å². The van der Waals surface area contributed by atoms with Crippen molar-refractivity contribution in [2.24, 2.45) is 0 Å². The second-order valence-corrected chi connectivity index (χ2v) is 4.00. The monoisotopic (exact) mass is 257 g/mol. The lowest BCUT2D eigenvalue weighted by atomic mass is 10.1. The lowest BCUT2D eigenvalue weighted by Crippen LogP contribution is -2.16. The minimum atomic E-state index is -0.338. The minimum absolute atomic E-state index is 0.221. The van der Waals surface area contributed by atoms with E-state index in [-0.39, 0.29) is 11.1 Å². The summed E-state index contributed by atoms with van der Waals surface area (Å²) in [6, 6.07) is 5.34. The first kappa shape index (κ1) is 11.5. The summed E-state index contributed by atoms with van der Waals surface area (Å²) in [5, 5.41) is 7.32. The molecule has 6 nitrogen and oxygen atoms in total. The van der Waals surface area contributed by atoms with Crippen molar-refractivity contribution in [3.63, 3.8) is 0 Å². The van der Waals surface area contributed by atoms with Crippen LogP contribution in [0.25, 0.3) is 11.3 Å². The maximum absolute atomic E-state index is 11.6. The Hall–Kier alpha value is -2.63. The van der Waals surface area contributed by atoms with E-state index in [2.05, 4.69) is 9.97 Å². The molecule has 2 aromatic rings. The molecule has 0 spiro atoms. The molecule has 0 amide bonds. The first-order valence-electron chi connectivity index (χ1n) is 5.78. The van der Waals surface area contributed by atoms with Crippen molar-refractivity contribution in [2.45, 2.75) is 0 Å². The molecule has 0 saturated heterocycles. The lowest BCUT2D eigenvalue weighted by molar-refractivity contribution is 0.171. The van der Waals surface area contributed by atoms with Crippen LogP contribution in [0.4, 0.5) is 0 Å². The number of rotatable bonds is 2. The zero-order valence-corrected chi connectivity index (χ0v) is 9.97. The van der Waals surface area contributed by atoms with Gasteiger partial charge in [-0.15, -0.1) is 0 Å². The molecule has 0 aliphatic carbocycles. The lowest BCUT2D eigenvalue weighted by Gasteiger charge is -2.18. The second kappa shape index (κ2) is 4.56. The van der Waals surface area contributed by atoms with Gasteiger partial charge < -0.3 is 19.9 Å². The molecule has 1 aromatic heterocycles. The maximum atomic E-state index is 11.6. The molecule has 0 saturated carbocycles. The Balaban J connectivity index is 2.15. The van der Waals surface area contributed by atoms with Crippen molar-refractivity contribution in [2.75, 3.05) is 13.2 Å². The van der Waals surface area contributed by atoms with Crippen LogP contribution in [0.2, 0.25) is 0 Å². The molecular weight excluding hydrogens is 246 g/mol. The summed E-state index contributed by atoms with van der Waals surface area (Å²) in [6.07, 6.45) is 2.32. The highest BCUT2D eigenvalue weighted by atomic mass is 16.6. The van der Waals surface area contributed by atoms with Crippen LogP contribution in [0.1, 0.15) is 5.56 Å². The largest absolute Gasteiger partial charge is 0.486 e. The van der Waals surface area contributed by atoms with Crippen LogP contribution in [0, 0.1) is 5.41 Å². The Bertz CT molecular complexity index is 694. The number of nitrogens with zero attached hydrogens (tertiary/aromatic N) is 1. The average molecular weight is 257 g/mol. The summed E-state index contributed by atoms with van der Waals surface area (Å²) in [6.45, 7) is 1.03. The molecule has 2 heterocycles. The van der Waals surface area contributed by atoms with Crippen LogP contribution in [0.15, 0.2) is 29.3 Å². The van der Waals surface area contributed by atoms with Crippen LogP contribution in [-0.2, 0) is 0 Å². The van der Waals surface area contributed by atoms with E-state index in [9.17, 15) is 4.79 Å². The van der Waals surface area contributed by atoms with Crippen molar-refractivity contribution in [3.05, 3.63) is 40.4 Å². The van der Waals surface area contributed by atoms with Gasteiger partial charge in [-0.05, 0) is 18.2 Å². The van der Waals surface area contributed by atoms with Gasteiger partial charge in [0.1, 0.15) is 13.2 Å². The number of nitrogens with one attached hydrogen (secondary N) is 2. The third-order valence-corrected chi connectivity index (χ3v) is 2.85. The zero-order valence-electron chi connectivity index (χ0n) is 9.97. The normalized spacial score (nSPS) is 13.1. The van der Waals surface area contributed by atoms with Crippen LogP contribution in [0.3, 0.4) is 0 Å². The van der Waals surface area contributed by atoms with Crippen LogP contribution >= 0.6 is 0 Å². The average Bonchev–Trinajstić information content (AvgIpc) is 2.46. The summed E-state index contributed by atoms with van der Waals surface area (Å²) in [7, 11) is 0. The zero-order chi connectivity index (χ0) is 13.2. The van der Waals surface area contributed by atoms with Gasteiger partial charge in [0.25, 0.3) is 5.56 Å². The topological polar surface area (TPSA) is 88.1 Å². The molecule has 1 aliphatic heterocycles. The van der Waals surface area contributed by atoms with Gasteiger partial charge in [0.15, 0.2) is 11.5 Å². The summed E-state index contributed by atoms with van der Waals surface area (Å²) in [5.41, 5.74) is 1.05. The number of hydrogen-bond acceptors (Lipinski definition) is 5. The number of H-pyrrole nitrogens is 1. The van der Waals surface area contributed by atoms with Gasteiger partial charge in [0.05, 0.1) is 17.6 Å². The third kappa shape index (κ3) is 1.97. The fraction of sp³-hybridized carbons (Fsp3) is 0.154. The van der Waals surface area contributed by atoms with Crippen molar-refractivity contribution < 1.29 is 9.47 Å². The molecule has 0 bridgehead atoms. The van der Waals surface area contributed by atoms with Crippen molar-refractivity contribution >= 4 is 6.21 Å². The van der Waals surface area contributed by atoms with E-state index in [1.54, 1.807) is 18.2 Å². The van der Waals surface area contributed by atoms with Gasteiger partial charge in [-0.1, -0.05) is 0 Å². The molecule has 6 heteroatoms. The smallest absolute Gasteiger partial charge is 0.260 e. The van der Waals surface area contributed by atoms with Gasteiger partial charge in [0.2, 0.25) is 0 Å². The number of fused-ring (bicyclic) bond motifs is 1. The summed E-state index contributed by atoms with van der Waals surface area (Å²) >= 11 is 0. The Labute approximate surface area is 108 Å². The SMILES string of the molecule is N=Cc1c(-c2ccc3c(c2)OCCO3)nc[nH]c1=O. The number of aromatic amines is 1. The van der Waals surface area contributed by atoms with Crippen LogP contribution in [0.5, 0.6) is 11.5 Å². The Kier molecular flexibility index (Phi) is 2.75. The quantitative estimate of drug-likeness (QED) is 0.791. The Morgan fingerprint density at radius 2 is 2.05 bits per heavy atom. The van der Waals surface area contributed by atoms with E-state index in [1.807, 2.05) is 0 Å². The summed E-state index contributed by atoms with van der Waals surface area (Å²) in [5.74, 6) is 1.30. The minimum Gasteiger partial charge on any atom is -0.486 e. The van der Waals surface area contributed by atoms with E-state index in [0.717, 1.165) is 6.21 Å². The molecule has 19 heavy (non-hydrogen) atoms. The molecule has 1 aromatic carbocycles. The van der Waals surface area contributed by atoms with Crippen molar-refractivity contribution in [1.82, 2.24) is 9.97 Å². The van der Waals surface area contributed by atoms with Crippen LogP contribution in [-0.4, -0.2) is 29.4 Å². The predicted molar refractivity (Wildman–Crippen MR) is 69.2 cm³/mol. The number of benzene rings is 1. The number of ether oxygens (including phenoxy) is 2. The van der Waals surface area contributed by atoms with Crippen molar-refractivity contribution in [1.29, 1.82) is 5.41 Å². The first-order valence-corrected chi connectivity index (χ1v) is 5.78. The van der Waals surface area contributed by atoms with Gasteiger partial charge in [-0.25, -0.2) is 4.98 Å². The van der Waals surface area contributed by atoms with E-state index in [4.69, 9.17) is 14.9 Å². The fourth-order valence-electron chi connectivity index (χ4n) is 1.96. The number of aromatic nitrogens is 2. The van der Waals surface area contributed by atoms with E-state index < -0.39 is 0 Å². The van der Waals surface area contributed by atoms with Gasteiger partial charge in [-0.2, -0.15) is 0 Å². The van der Waals surface area contributed by atoms with Crippen LogP contribution < -0.4 is 15.0 Å². The second-order valence-electron chi connectivity index (χ2n) is 4.00. The highest BCUT2D eigenvalue weighted by Crippen LogP contribution is 2.34. The predicted octanol–water partition coefficient (Wildman–Crippen LogP) is 1.21. The van der Waals surface area contributed by atoms with E-state index >= 15 is 0 Å². The van der Waals surface area contributed by atoms with Gasteiger partial charge in [0, 0.05) is 11.8 Å². The Morgan fingerprint density at radius 3 is 2.84 bits per heavy atom. The van der Waals surface area contributed by atoms with E-state index in [1.165, 1.54) is 6.33 Å². The molecule has 2 N–H and O–H groups in total. The fourth-order valence-corrected chi connectivity index (χ4v) is 1.96. The van der Waals surface area contributed by atoms with Gasteiger partial charge >= 0.3 is 0 Å². The molecule has 0 fully saturated rings. The third-order valence-electron chi connectivity index (χ3n) is 2.85. The molecule has 3 rings (SSSR count). The molecule has 0 atom stereocenters. The van der Waals surface area contributed by atoms with Gasteiger partial charge in [-0.3, -0.25) is 4.79 Å². The molecular formula is C13H11N3O3. The standard InChI is InChI=1S/C13H11N3O3/c14-6-9-12(15-7-16-13(9)17)8-1-2-10-11(5-8)19-4-3-18-10/h1-2,5-7,14H,3-4H2,(H,15,16,17).